The van der Waals surface area contributed by atoms with Crippen LogP contribution in [0.15, 0.2) is 12.5 Å². The predicted octanol–water partition coefficient (Wildman–Crippen LogP) is -0.726. The van der Waals surface area contributed by atoms with Gasteiger partial charge in [-0.15, -0.1) is 0 Å². The number of hydrogen-bond acceptors (Lipinski definition) is 13. The molecule has 10 atom stereocenters. The van der Waals surface area contributed by atoms with Gasteiger partial charge in [-0.3, -0.25) is 43.2 Å². The number of aromatic amines is 1. The molecule has 24 nitrogen and oxygen atoms in total. The molecule has 10 N–H and O–H groups in total. The molecule has 5 fully saturated rings. The van der Waals surface area contributed by atoms with E-state index in [2.05, 4.69) is 41.9 Å². The molecule has 9 amide bonds. The number of carbonyl (C=O) groups excluding carboxylic acids is 9. The third-order valence-electron chi connectivity index (χ3n) is 15.6. The Bertz CT molecular complexity index is 2240. The predicted molar refractivity (Wildman–Crippen MR) is 277 cm³/mol. The fourth-order valence-electron chi connectivity index (χ4n) is 11.3. The topological polar surface area (TPSA) is 331 Å². The molecule has 24 heteroatoms. The van der Waals surface area contributed by atoms with Crippen molar-refractivity contribution < 1.29 is 53.1 Å². The first-order chi connectivity index (χ1) is 36.2. The lowest BCUT2D eigenvalue weighted by molar-refractivity contribution is -0.149. The van der Waals surface area contributed by atoms with Crippen molar-refractivity contribution in [2.75, 3.05) is 39.3 Å². The minimum Gasteiger partial charge on any atom is -0.480 e. The number of unbranched alkanes of at least 4 members (excludes halogenated alkanes) is 1. The third kappa shape index (κ3) is 14.4. The van der Waals surface area contributed by atoms with Crippen LogP contribution in [0.1, 0.15) is 131 Å². The fraction of sp³-hybridized carbons (Fsp3) is 0.750. The quantitative estimate of drug-likeness (QED) is 0.0577. The Kier molecular flexibility index (Phi) is 21.2. The number of carbonyl (C=O) groups is 10. The van der Waals surface area contributed by atoms with Gasteiger partial charge in [-0.05, 0) is 114 Å². The minimum absolute atomic E-state index is 0.0320. The fourth-order valence-corrected chi connectivity index (χ4v) is 11.3. The monoisotopic (exact) mass is 1070 g/mol. The van der Waals surface area contributed by atoms with E-state index in [0.29, 0.717) is 89.4 Å². The van der Waals surface area contributed by atoms with Crippen LogP contribution < -0.4 is 37.6 Å². The van der Waals surface area contributed by atoms with Crippen LogP contribution in [0.25, 0.3) is 0 Å². The molecule has 0 saturated carbocycles. The number of carboxylic acids is 1. The molecule has 5 saturated heterocycles. The summed E-state index contributed by atoms with van der Waals surface area (Å²) in [6, 6.07) is -9.59. The summed E-state index contributed by atoms with van der Waals surface area (Å²) in [6.45, 7) is 12.4. The highest BCUT2D eigenvalue weighted by Gasteiger charge is 2.47. The molecule has 0 unspecified atom stereocenters. The van der Waals surface area contributed by atoms with Crippen LogP contribution in [0.2, 0.25) is 0 Å². The van der Waals surface area contributed by atoms with E-state index in [0.717, 1.165) is 6.42 Å². The number of nitrogens with two attached hydrogens (primary N) is 1. The van der Waals surface area contributed by atoms with Crippen molar-refractivity contribution in [1.29, 1.82) is 0 Å². The van der Waals surface area contributed by atoms with E-state index in [1.165, 1.54) is 25.9 Å². The lowest BCUT2D eigenvalue weighted by Gasteiger charge is -2.34. The molecule has 6 rings (SSSR count). The van der Waals surface area contributed by atoms with Gasteiger partial charge < -0.3 is 67.3 Å². The molecule has 0 spiro atoms. The van der Waals surface area contributed by atoms with Gasteiger partial charge in [-0.1, -0.05) is 41.5 Å². The van der Waals surface area contributed by atoms with E-state index < -0.39 is 125 Å². The smallest absolute Gasteiger partial charge is 0.326 e. The van der Waals surface area contributed by atoms with Gasteiger partial charge in [0, 0.05) is 44.5 Å². The van der Waals surface area contributed by atoms with Crippen LogP contribution in [-0.4, -0.2) is 193 Å². The first-order valence-electron chi connectivity index (χ1n) is 27.6. The van der Waals surface area contributed by atoms with Crippen molar-refractivity contribution in [3.05, 3.63) is 18.2 Å². The Morgan fingerprint density at radius 3 is 1.50 bits per heavy atom. The molecule has 0 aromatic carbocycles. The van der Waals surface area contributed by atoms with E-state index in [9.17, 15) is 53.1 Å². The largest absolute Gasteiger partial charge is 0.480 e. The number of nitrogens with zero attached hydrogens (tertiary/aromatic N) is 5. The molecular formula is C52H83N13O11. The van der Waals surface area contributed by atoms with Crippen LogP contribution in [-0.2, 0) is 54.4 Å². The average molecular weight is 1070 g/mol. The van der Waals surface area contributed by atoms with E-state index >= 15 is 0 Å². The number of nitrogens with one attached hydrogen (secondary N) is 7. The number of H-pyrrole nitrogens is 1. The van der Waals surface area contributed by atoms with Crippen LogP contribution >= 0.6 is 0 Å². The van der Waals surface area contributed by atoms with Gasteiger partial charge in [-0.2, -0.15) is 0 Å². The van der Waals surface area contributed by atoms with Gasteiger partial charge in [0.15, 0.2) is 0 Å². The first-order valence-corrected chi connectivity index (χ1v) is 27.6. The second-order valence-corrected chi connectivity index (χ2v) is 22.1. The van der Waals surface area contributed by atoms with Crippen LogP contribution in [0.3, 0.4) is 0 Å². The number of imidazole rings is 1. The zero-order valence-electron chi connectivity index (χ0n) is 45.1. The molecule has 0 aliphatic carbocycles. The molecular weight excluding hydrogens is 983 g/mol. The maximum Gasteiger partial charge on any atom is 0.326 e. The molecule has 1 aromatic heterocycles. The van der Waals surface area contributed by atoms with Crippen molar-refractivity contribution >= 4 is 59.1 Å². The molecule has 1 aromatic rings. The molecule has 5 aliphatic rings. The Balaban J connectivity index is 1.12. The highest BCUT2D eigenvalue weighted by atomic mass is 16.4. The summed E-state index contributed by atoms with van der Waals surface area (Å²) in [6.07, 6.45) is 9.01. The van der Waals surface area contributed by atoms with Gasteiger partial charge in [0.2, 0.25) is 53.2 Å². The van der Waals surface area contributed by atoms with Crippen molar-refractivity contribution in [3.63, 3.8) is 0 Å². The zero-order valence-corrected chi connectivity index (χ0v) is 45.1. The minimum atomic E-state index is -1.18. The second kappa shape index (κ2) is 27.2. The van der Waals surface area contributed by atoms with Crippen molar-refractivity contribution in [3.8, 4) is 0 Å². The number of carboxylic acid groups (broad SMARTS) is 1. The highest BCUT2D eigenvalue weighted by molar-refractivity contribution is 5.99. The number of amides is 9. The van der Waals surface area contributed by atoms with Gasteiger partial charge in [0.25, 0.3) is 0 Å². The summed E-state index contributed by atoms with van der Waals surface area (Å²) in [7, 11) is 0. The summed E-state index contributed by atoms with van der Waals surface area (Å²) in [5.74, 6) is -6.81. The molecule has 5 aliphatic heterocycles. The Morgan fingerprint density at radius 2 is 1.05 bits per heavy atom. The van der Waals surface area contributed by atoms with Crippen molar-refractivity contribution in [2.24, 2.45) is 23.5 Å². The number of hydrogen-bond donors (Lipinski definition) is 9. The molecule has 0 radical (unpaired) electrons. The second-order valence-electron chi connectivity index (χ2n) is 22.1. The summed E-state index contributed by atoms with van der Waals surface area (Å²) >= 11 is 0. The van der Waals surface area contributed by atoms with Crippen molar-refractivity contribution in [2.45, 2.75) is 192 Å². The molecule has 0 bridgehead atoms. The maximum atomic E-state index is 14.6. The van der Waals surface area contributed by atoms with E-state index in [1.807, 2.05) is 0 Å². The lowest BCUT2D eigenvalue weighted by atomic mass is 10.0. The average Bonchev–Trinajstić information content (AvgIpc) is 4.26. The maximum absolute atomic E-state index is 14.6. The third-order valence-corrected chi connectivity index (χ3v) is 15.6. The van der Waals surface area contributed by atoms with E-state index in [-0.39, 0.29) is 50.8 Å². The summed E-state index contributed by atoms with van der Waals surface area (Å²) in [5.41, 5.74) is 6.39. The number of aromatic nitrogens is 2. The Hall–Kier alpha value is -6.17. The molecule has 76 heavy (non-hydrogen) atoms. The lowest BCUT2D eigenvalue weighted by Crippen LogP contribution is -2.61. The van der Waals surface area contributed by atoms with Crippen LogP contribution in [0.5, 0.6) is 0 Å². The number of likely N-dealkylation sites (tertiary alicyclic amines) is 4. The number of rotatable bonds is 24. The van der Waals surface area contributed by atoms with Crippen LogP contribution in [0, 0.1) is 17.8 Å². The van der Waals surface area contributed by atoms with Gasteiger partial charge >= 0.3 is 5.97 Å². The standard InChI is InChI=1S/C52H83N13O11/c1-29(2)40(59-43(66)33-15-9-21-55-33)47(70)58-35(26-32-27-54-28-56-32)49(72)65-25-13-19-39(65)51(74)62-22-10-16-36(62)44(67)60-41(30(3)4)46(69)57-34(14-7-8-20-53)48(71)64-24-12-18-38(64)50(73)63-23-11-17-37(63)45(68)61-42(31(5)6)52(75)76/h27-31,33-42,55H,7-26,53H2,1-6H3,(H,54,56)(H,57,69)(H,58,70)(H,59,66)(H,60,67)(H,61,68)(H,75,76)/t33-,34-,35-,36-,37-,38-,39-,40-,41-,42-/m0/s1. The molecule has 6 heterocycles. The summed E-state index contributed by atoms with van der Waals surface area (Å²) in [5, 5.41) is 26.9. The van der Waals surface area contributed by atoms with Gasteiger partial charge in [-0.25, -0.2) is 9.78 Å². The summed E-state index contributed by atoms with van der Waals surface area (Å²) in [4.78, 5) is 152. The SMILES string of the molecule is CC(C)[C@H](NC(=O)[C@@H]1CCCN1C(=O)[C@@H]1CCCN1C(=O)[C@H](CCCCN)NC(=O)[C@@H](NC(=O)[C@@H]1CCCN1C(=O)[C@@H]1CCCN1C(=O)[C@H](Cc1cnc[nH]1)NC(=O)[C@@H](NC(=O)[C@@H]1CCCN1)C(C)C)C(C)C)C(=O)O. The Labute approximate surface area is 445 Å². The van der Waals surface area contributed by atoms with E-state index in [4.69, 9.17) is 5.73 Å². The van der Waals surface area contributed by atoms with E-state index in [1.54, 1.807) is 47.7 Å². The molecule has 422 valence electrons. The highest BCUT2D eigenvalue weighted by Crippen LogP contribution is 2.29. The van der Waals surface area contributed by atoms with Gasteiger partial charge in [0.05, 0.1) is 12.4 Å². The first kappa shape index (κ1) is 59.1. The van der Waals surface area contributed by atoms with Gasteiger partial charge in [0.1, 0.15) is 54.4 Å². The summed E-state index contributed by atoms with van der Waals surface area (Å²) < 4.78 is 0. The normalized spacial score (nSPS) is 23.6. The zero-order chi connectivity index (χ0) is 55.4. The van der Waals surface area contributed by atoms with Crippen LogP contribution in [0.4, 0.5) is 0 Å². The number of aliphatic carboxylic acids is 1. The van der Waals surface area contributed by atoms with Crippen molar-refractivity contribution in [1.82, 2.24) is 61.5 Å². The Morgan fingerprint density at radius 1 is 0.592 bits per heavy atom.